The second-order valence-corrected chi connectivity index (χ2v) is 4.83. The van der Waals surface area contributed by atoms with Crippen molar-refractivity contribution in [2.24, 2.45) is 0 Å². The maximum atomic E-state index is 10.8. The smallest absolute Gasteiger partial charge is 0.206 e. The zero-order chi connectivity index (χ0) is 9.19. The van der Waals surface area contributed by atoms with Crippen LogP contribution in [-0.2, 0) is 4.79 Å². The SMILES string of the molecule is CC1(O)CCN(CC(=O)I)CC1. The van der Waals surface area contributed by atoms with Crippen LogP contribution in [0.4, 0.5) is 0 Å². The van der Waals surface area contributed by atoms with Crippen molar-refractivity contribution < 1.29 is 9.90 Å². The number of carbonyl (C=O) groups is 1. The normalized spacial score (nSPS) is 23.9. The molecule has 0 spiro atoms. The van der Waals surface area contributed by atoms with Crippen LogP contribution >= 0.6 is 22.6 Å². The minimum absolute atomic E-state index is 0.175. The lowest BCUT2D eigenvalue weighted by Crippen LogP contribution is -2.43. The zero-order valence-corrected chi connectivity index (χ0v) is 9.37. The molecule has 1 saturated heterocycles. The number of hydrogen-bond donors (Lipinski definition) is 1. The minimum Gasteiger partial charge on any atom is -0.390 e. The van der Waals surface area contributed by atoms with Crippen molar-refractivity contribution in [3.8, 4) is 0 Å². The Labute approximate surface area is 86.3 Å². The van der Waals surface area contributed by atoms with Crippen LogP contribution in [0.2, 0.25) is 0 Å². The summed E-state index contributed by atoms with van der Waals surface area (Å²) in [7, 11) is 0. The standard InChI is InChI=1S/C8H14INO2/c1-8(12)2-4-10(5-3-8)6-7(9)11/h12H,2-6H2,1H3. The Morgan fingerprint density at radius 3 is 2.50 bits per heavy atom. The van der Waals surface area contributed by atoms with E-state index in [1.165, 1.54) is 0 Å². The quantitative estimate of drug-likeness (QED) is 0.602. The Morgan fingerprint density at radius 1 is 1.58 bits per heavy atom. The van der Waals surface area contributed by atoms with Gasteiger partial charge in [-0.15, -0.1) is 0 Å². The lowest BCUT2D eigenvalue weighted by Gasteiger charge is -2.34. The van der Waals surface area contributed by atoms with E-state index in [4.69, 9.17) is 0 Å². The molecule has 0 amide bonds. The van der Waals surface area contributed by atoms with Crippen LogP contribution in [0.5, 0.6) is 0 Å². The van der Waals surface area contributed by atoms with Crippen molar-refractivity contribution in [1.29, 1.82) is 0 Å². The number of rotatable bonds is 2. The lowest BCUT2D eigenvalue weighted by atomic mass is 9.94. The number of piperidine rings is 1. The summed E-state index contributed by atoms with van der Waals surface area (Å²) in [6.07, 6.45) is 1.55. The van der Waals surface area contributed by atoms with E-state index in [1.807, 2.05) is 29.5 Å². The average molecular weight is 283 g/mol. The molecule has 0 unspecified atom stereocenters. The molecule has 0 radical (unpaired) electrons. The highest BCUT2D eigenvalue weighted by Crippen LogP contribution is 2.20. The second-order valence-electron chi connectivity index (χ2n) is 3.63. The van der Waals surface area contributed by atoms with Gasteiger partial charge in [-0.1, -0.05) is 0 Å². The Balaban J connectivity index is 2.31. The second kappa shape index (κ2) is 4.02. The number of hydrogen-bond acceptors (Lipinski definition) is 3. The molecule has 3 nitrogen and oxygen atoms in total. The van der Waals surface area contributed by atoms with Gasteiger partial charge in [-0.05, 0) is 19.8 Å². The first kappa shape index (κ1) is 10.4. The number of nitrogens with zero attached hydrogens (tertiary/aromatic N) is 1. The van der Waals surface area contributed by atoms with E-state index in [0.29, 0.717) is 6.54 Å². The fourth-order valence-electron chi connectivity index (χ4n) is 1.37. The van der Waals surface area contributed by atoms with Gasteiger partial charge in [0.05, 0.1) is 12.1 Å². The molecule has 0 atom stereocenters. The molecule has 1 N–H and O–H groups in total. The molecule has 12 heavy (non-hydrogen) atoms. The maximum Gasteiger partial charge on any atom is 0.206 e. The summed E-state index contributed by atoms with van der Waals surface area (Å²) in [5, 5.41) is 9.61. The van der Waals surface area contributed by atoms with Gasteiger partial charge in [-0.2, -0.15) is 0 Å². The summed E-state index contributed by atoms with van der Waals surface area (Å²) >= 11 is 1.81. The van der Waals surface area contributed by atoms with Crippen LogP contribution in [0.25, 0.3) is 0 Å². The molecular weight excluding hydrogens is 269 g/mol. The van der Waals surface area contributed by atoms with Gasteiger partial charge in [0.25, 0.3) is 0 Å². The van der Waals surface area contributed by atoms with Gasteiger partial charge in [-0.25, -0.2) is 0 Å². The molecule has 1 rings (SSSR count). The molecule has 1 aliphatic heterocycles. The summed E-state index contributed by atoms with van der Waals surface area (Å²) in [6.45, 7) is 4.05. The maximum absolute atomic E-state index is 10.8. The van der Waals surface area contributed by atoms with Gasteiger partial charge in [0, 0.05) is 35.7 Å². The molecule has 0 saturated carbocycles. The molecule has 70 valence electrons. The van der Waals surface area contributed by atoms with E-state index < -0.39 is 5.60 Å². The molecule has 4 heteroatoms. The largest absolute Gasteiger partial charge is 0.390 e. The third kappa shape index (κ3) is 3.37. The fourth-order valence-corrected chi connectivity index (χ4v) is 1.85. The molecule has 1 heterocycles. The van der Waals surface area contributed by atoms with E-state index in [-0.39, 0.29) is 3.79 Å². The van der Waals surface area contributed by atoms with Gasteiger partial charge in [-0.3, -0.25) is 9.69 Å². The van der Waals surface area contributed by atoms with Gasteiger partial charge < -0.3 is 5.11 Å². The fraction of sp³-hybridized carbons (Fsp3) is 0.875. The van der Waals surface area contributed by atoms with Crippen molar-refractivity contribution in [3.05, 3.63) is 0 Å². The highest BCUT2D eigenvalue weighted by Gasteiger charge is 2.27. The molecule has 0 aromatic carbocycles. The van der Waals surface area contributed by atoms with Gasteiger partial charge >= 0.3 is 0 Å². The number of carbonyl (C=O) groups excluding carboxylic acids is 1. The number of likely N-dealkylation sites (tertiary alicyclic amines) is 1. The first-order chi connectivity index (χ1) is 5.49. The Kier molecular flexibility index (Phi) is 3.48. The van der Waals surface area contributed by atoms with Crippen molar-refractivity contribution in [3.63, 3.8) is 0 Å². The Hall–Kier alpha value is 0.320. The highest BCUT2D eigenvalue weighted by atomic mass is 127. The zero-order valence-electron chi connectivity index (χ0n) is 7.22. The van der Waals surface area contributed by atoms with Crippen LogP contribution in [0, 0.1) is 0 Å². The molecule has 1 aliphatic rings. The summed E-state index contributed by atoms with van der Waals surface area (Å²) in [6, 6.07) is 0. The highest BCUT2D eigenvalue weighted by molar-refractivity contribution is 14.1. The van der Waals surface area contributed by atoms with Gasteiger partial charge in [0.1, 0.15) is 0 Å². The first-order valence-electron chi connectivity index (χ1n) is 4.13. The van der Waals surface area contributed by atoms with E-state index >= 15 is 0 Å². The third-order valence-corrected chi connectivity index (χ3v) is 2.62. The first-order valence-corrected chi connectivity index (χ1v) is 5.20. The molecule has 0 aromatic heterocycles. The Bertz CT molecular complexity index is 172. The monoisotopic (exact) mass is 283 g/mol. The van der Waals surface area contributed by atoms with Crippen molar-refractivity contribution >= 4 is 26.4 Å². The summed E-state index contributed by atoms with van der Waals surface area (Å²) in [5.41, 5.74) is -0.509. The van der Waals surface area contributed by atoms with Crippen LogP contribution in [0.3, 0.4) is 0 Å². The Morgan fingerprint density at radius 2 is 2.08 bits per heavy atom. The minimum atomic E-state index is -0.509. The number of aliphatic hydroxyl groups is 1. The molecule has 0 aromatic rings. The van der Waals surface area contributed by atoms with E-state index in [1.54, 1.807) is 0 Å². The summed E-state index contributed by atoms with van der Waals surface area (Å²) in [4.78, 5) is 12.8. The summed E-state index contributed by atoms with van der Waals surface area (Å²) < 4.78 is 0.175. The van der Waals surface area contributed by atoms with Crippen molar-refractivity contribution in [1.82, 2.24) is 4.90 Å². The van der Waals surface area contributed by atoms with E-state index in [2.05, 4.69) is 4.90 Å². The molecule has 0 aliphatic carbocycles. The number of halogens is 1. The molecular formula is C8H14INO2. The molecule has 0 bridgehead atoms. The van der Waals surface area contributed by atoms with Gasteiger partial charge in [0.15, 0.2) is 0 Å². The van der Waals surface area contributed by atoms with Crippen LogP contribution in [0.15, 0.2) is 0 Å². The predicted molar refractivity (Wildman–Crippen MR) is 55.3 cm³/mol. The van der Waals surface area contributed by atoms with Crippen LogP contribution in [-0.4, -0.2) is 39.0 Å². The van der Waals surface area contributed by atoms with Crippen LogP contribution in [0.1, 0.15) is 19.8 Å². The van der Waals surface area contributed by atoms with Crippen molar-refractivity contribution in [2.45, 2.75) is 25.4 Å². The lowest BCUT2D eigenvalue weighted by molar-refractivity contribution is -0.111. The van der Waals surface area contributed by atoms with Crippen molar-refractivity contribution in [2.75, 3.05) is 19.6 Å². The molecule has 1 fully saturated rings. The van der Waals surface area contributed by atoms with Gasteiger partial charge in [0.2, 0.25) is 3.79 Å². The van der Waals surface area contributed by atoms with E-state index in [0.717, 1.165) is 25.9 Å². The third-order valence-electron chi connectivity index (χ3n) is 2.28. The van der Waals surface area contributed by atoms with Crippen LogP contribution < -0.4 is 0 Å². The van der Waals surface area contributed by atoms with E-state index in [9.17, 15) is 9.90 Å². The summed E-state index contributed by atoms with van der Waals surface area (Å²) in [5.74, 6) is 0. The average Bonchev–Trinajstić information content (AvgIpc) is 1.93. The topological polar surface area (TPSA) is 40.5 Å². The predicted octanol–water partition coefficient (Wildman–Crippen LogP) is 0.795.